The van der Waals surface area contributed by atoms with Gasteiger partial charge in [-0.25, -0.2) is 4.79 Å². The maximum Gasteiger partial charge on any atom is 0.349 e. The topological polar surface area (TPSA) is 85.6 Å². The molecule has 138 valence electrons. The summed E-state index contributed by atoms with van der Waals surface area (Å²) in [5, 5.41) is 9.20. The van der Waals surface area contributed by atoms with E-state index in [0.29, 0.717) is 17.1 Å². The highest BCUT2D eigenvalue weighted by molar-refractivity contribution is 6.03. The Kier molecular flexibility index (Phi) is 6.73. The van der Waals surface area contributed by atoms with Gasteiger partial charge in [-0.15, -0.1) is 0 Å². The van der Waals surface area contributed by atoms with E-state index in [0.717, 1.165) is 5.56 Å². The van der Waals surface area contributed by atoms with E-state index in [2.05, 4.69) is 0 Å². The van der Waals surface area contributed by atoms with Crippen LogP contribution < -0.4 is 9.47 Å². The molecule has 0 aliphatic carbocycles. The van der Waals surface area contributed by atoms with Gasteiger partial charge in [0.15, 0.2) is 6.61 Å². The van der Waals surface area contributed by atoms with Gasteiger partial charge >= 0.3 is 5.97 Å². The molecule has 0 fully saturated rings. The zero-order valence-electron chi connectivity index (χ0n) is 15.3. The SMILES string of the molecule is COc1ccc(OC)c(C(=O)COC(=O)/C(C#N)=C/c2ccc(C)cc2)c1. The Morgan fingerprint density at radius 3 is 2.37 bits per heavy atom. The molecule has 0 unspecified atom stereocenters. The number of hydrogen-bond donors (Lipinski definition) is 0. The monoisotopic (exact) mass is 365 g/mol. The number of aryl methyl sites for hydroxylation is 1. The van der Waals surface area contributed by atoms with Crippen LogP contribution in [0, 0.1) is 18.3 Å². The van der Waals surface area contributed by atoms with Crippen LogP contribution in [-0.4, -0.2) is 32.6 Å². The van der Waals surface area contributed by atoms with E-state index >= 15 is 0 Å². The average molecular weight is 365 g/mol. The van der Waals surface area contributed by atoms with Crippen LogP contribution in [0.4, 0.5) is 0 Å². The quantitative estimate of drug-likeness (QED) is 0.324. The molecular formula is C21H19NO5. The second kappa shape index (κ2) is 9.20. The van der Waals surface area contributed by atoms with Crippen molar-refractivity contribution in [1.29, 1.82) is 5.26 Å². The van der Waals surface area contributed by atoms with Crippen molar-refractivity contribution >= 4 is 17.8 Å². The van der Waals surface area contributed by atoms with Crippen LogP contribution in [0.25, 0.3) is 6.08 Å². The number of nitriles is 1. The van der Waals surface area contributed by atoms with Gasteiger partial charge in [0, 0.05) is 0 Å². The lowest BCUT2D eigenvalue weighted by Gasteiger charge is -2.10. The van der Waals surface area contributed by atoms with Crippen molar-refractivity contribution in [3.05, 3.63) is 64.7 Å². The molecule has 2 aromatic rings. The van der Waals surface area contributed by atoms with Gasteiger partial charge in [-0.1, -0.05) is 29.8 Å². The first kappa shape index (κ1) is 19.7. The van der Waals surface area contributed by atoms with Gasteiger partial charge in [-0.3, -0.25) is 4.79 Å². The summed E-state index contributed by atoms with van der Waals surface area (Å²) in [6.45, 7) is 1.42. The van der Waals surface area contributed by atoms with Crippen LogP contribution in [0.3, 0.4) is 0 Å². The van der Waals surface area contributed by atoms with Gasteiger partial charge in [0.25, 0.3) is 0 Å². The van der Waals surface area contributed by atoms with Gasteiger partial charge in [0.2, 0.25) is 5.78 Å². The maximum absolute atomic E-state index is 12.4. The van der Waals surface area contributed by atoms with Crippen molar-refractivity contribution in [3.8, 4) is 17.6 Å². The zero-order valence-corrected chi connectivity index (χ0v) is 15.3. The molecule has 0 amide bonds. The van der Waals surface area contributed by atoms with E-state index in [-0.39, 0.29) is 11.1 Å². The number of rotatable bonds is 7. The molecule has 6 heteroatoms. The molecule has 0 saturated heterocycles. The second-order valence-corrected chi connectivity index (χ2v) is 5.65. The number of ether oxygens (including phenoxy) is 3. The number of esters is 1. The number of carbonyl (C=O) groups is 2. The predicted molar refractivity (Wildman–Crippen MR) is 99.6 cm³/mol. The molecule has 0 heterocycles. The average Bonchev–Trinajstić information content (AvgIpc) is 2.70. The van der Waals surface area contributed by atoms with Crippen LogP contribution in [0.2, 0.25) is 0 Å². The van der Waals surface area contributed by atoms with Crippen molar-refractivity contribution in [2.24, 2.45) is 0 Å². The Morgan fingerprint density at radius 2 is 1.78 bits per heavy atom. The predicted octanol–water partition coefficient (Wildman–Crippen LogP) is 3.35. The molecule has 0 aliphatic heterocycles. The molecule has 0 N–H and O–H groups in total. The summed E-state index contributed by atoms with van der Waals surface area (Å²) < 4.78 is 15.2. The lowest BCUT2D eigenvalue weighted by Crippen LogP contribution is -2.16. The summed E-state index contributed by atoms with van der Waals surface area (Å²) >= 11 is 0. The van der Waals surface area contributed by atoms with E-state index < -0.39 is 18.4 Å². The minimum absolute atomic E-state index is 0.190. The number of carbonyl (C=O) groups excluding carboxylic acids is 2. The number of Topliss-reactive ketones (excluding diaryl/α,β-unsaturated/α-hetero) is 1. The van der Waals surface area contributed by atoms with Crippen LogP contribution in [0.5, 0.6) is 11.5 Å². The van der Waals surface area contributed by atoms with Gasteiger partial charge in [-0.05, 0) is 36.8 Å². The largest absolute Gasteiger partial charge is 0.497 e. The van der Waals surface area contributed by atoms with Crippen molar-refractivity contribution < 1.29 is 23.8 Å². The molecule has 0 aliphatic rings. The fourth-order valence-electron chi connectivity index (χ4n) is 2.28. The van der Waals surface area contributed by atoms with Crippen molar-refractivity contribution in [3.63, 3.8) is 0 Å². The van der Waals surface area contributed by atoms with Crippen LogP contribution in [-0.2, 0) is 9.53 Å². The highest BCUT2D eigenvalue weighted by Gasteiger charge is 2.18. The zero-order chi connectivity index (χ0) is 19.8. The van der Waals surface area contributed by atoms with E-state index in [1.54, 1.807) is 30.3 Å². The number of ketones is 1. The van der Waals surface area contributed by atoms with Crippen LogP contribution in [0.1, 0.15) is 21.5 Å². The van der Waals surface area contributed by atoms with Crippen molar-refractivity contribution in [2.75, 3.05) is 20.8 Å². The molecule has 0 spiro atoms. The van der Waals surface area contributed by atoms with Gasteiger partial charge in [-0.2, -0.15) is 5.26 Å². The Hall–Kier alpha value is -3.59. The molecule has 0 saturated carbocycles. The number of benzene rings is 2. The molecule has 0 bridgehead atoms. The summed E-state index contributed by atoms with van der Waals surface area (Å²) in [4.78, 5) is 24.5. The fourth-order valence-corrected chi connectivity index (χ4v) is 2.28. The molecule has 2 aromatic carbocycles. The minimum Gasteiger partial charge on any atom is -0.497 e. The molecule has 6 nitrogen and oxygen atoms in total. The summed E-state index contributed by atoms with van der Waals surface area (Å²) in [5.41, 5.74) is 1.79. The summed E-state index contributed by atoms with van der Waals surface area (Å²) in [7, 11) is 2.91. The Bertz CT molecular complexity index is 907. The molecule has 2 rings (SSSR count). The third-order valence-electron chi connectivity index (χ3n) is 3.77. The van der Waals surface area contributed by atoms with Crippen LogP contribution in [0.15, 0.2) is 48.0 Å². The molecule has 0 aromatic heterocycles. The van der Waals surface area contributed by atoms with E-state index in [9.17, 15) is 14.9 Å². The number of hydrogen-bond acceptors (Lipinski definition) is 6. The Labute approximate surface area is 157 Å². The van der Waals surface area contributed by atoms with Crippen molar-refractivity contribution in [1.82, 2.24) is 0 Å². The summed E-state index contributed by atoms with van der Waals surface area (Å²) in [5.74, 6) is -0.518. The summed E-state index contributed by atoms with van der Waals surface area (Å²) in [6.07, 6.45) is 1.42. The minimum atomic E-state index is -0.867. The lowest BCUT2D eigenvalue weighted by molar-refractivity contribution is -0.137. The van der Waals surface area contributed by atoms with E-state index in [1.165, 1.54) is 26.4 Å². The molecule has 0 atom stereocenters. The Balaban J connectivity index is 2.10. The smallest absolute Gasteiger partial charge is 0.349 e. The maximum atomic E-state index is 12.4. The Morgan fingerprint density at radius 1 is 1.07 bits per heavy atom. The highest BCUT2D eigenvalue weighted by Crippen LogP contribution is 2.24. The number of methoxy groups -OCH3 is 2. The van der Waals surface area contributed by atoms with Crippen molar-refractivity contribution in [2.45, 2.75) is 6.92 Å². The van der Waals surface area contributed by atoms with Crippen LogP contribution >= 0.6 is 0 Å². The fraction of sp³-hybridized carbons (Fsp3) is 0.190. The first-order valence-corrected chi connectivity index (χ1v) is 8.09. The molecule has 0 radical (unpaired) electrons. The van der Waals surface area contributed by atoms with E-state index in [1.807, 2.05) is 19.1 Å². The van der Waals surface area contributed by atoms with Gasteiger partial charge in [0.1, 0.15) is 23.1 Å². The van der Waals surface area contributed by atoms with E-state index in [4.69, 9.17) is 14.2 Å². The molecular weight excluding hydrogens is 346 g/mol. The standard InChI is InChI=1S/C21H19NO5/c1-14-4-6-15(7-5-14)10-16(12-22)21(24)27-13-19(23)18-11-17(25-2)8-9-20(18)26-3/h4-11H,13H2,1-3H3/b16-10+. The summed E-state index contributed by atoms with van der Waals surface area (Å²) in [6, 6.07) is 13.8. The third kappa shape index (κ3) is 5.19. The highest BCUT2D eigenvalue weighted by atomic mass is 16.5. The lowest BCUT2D eigenvalue weighted by atomic mass is 10.1. The normalized spacial score (nSPS) is 10.7. The van der Waals surface area contributed by atoms with Gasteiger partial charge in [0.05, 0.1) is 19.8 Å². The first-order valence-electron chi connectivity index (χ1n) is 8.09. The first-order chi connectivity index (χ1) is 13.0. The van der Waals surface area contributed by atoms with Gasteiger partial charge < -0.3 is 14.2 Å². The third-order valence-corrected chi connectivity index (χ3v) is 3.77. The number of nitrogens with zero attached hydrogens (tertiary/aromatic N) is 1. The second-order valence-electron chi connectivity index (χ2n) is 5.65. The molecule has 27 heavy (non-hydrogen) atoms.